The Hall–Kier alpha value is -3.22. The van der Waals surface area contributed by atoms with Crippen LogP contribution < -0.4 is 0 Å². The van der Waals surface area contributed by atoms with Crippen molar-refractivity contribution in [1.82, 2.24) is 0 Å². The third-order valence-electron chi connectivity index (χ3n) is 3.62. The third kappa shape index (κ3) is 4.44. The van der Waals surface area contributed by atoms with Crippen molar-refractivity contribution in [2.24, 2.45) is 5.18 Å². The molecule has 0 radical (unpaired) electrons. The quantitative estimate of drug-likeness (QED) is 0.598. The van der Waals surface area contributed by atoms with Crippen molar-refractivity contribution in [3.8, 4) is 5.75 Å². The van der Waals surface area contributed by atoms with Gasteiger partial charge in [0.2, 0.25) is 0 Å². The smallest absolute Gasteiger partial charge is 0.341 e. The van der Waals surface area contributed by atoms with Gasteiger partial charge in [0.25, 0.3) is 0 Å². The van der Waals surface area contributed by atoms with Crippen LogP contribution >= 0.6 is 0 Å². The van der Waals surface area contributed by atoms with Crippen molar-refractivity contribution in [3.05, 3.63) is 63.6 Å². The molecule has 0 atom stereocenters. The molecule has 0 aromatic heterocycles. The first-order chi connectivity index (χ1) is 12.5. The minimum absolute atomic E-state index is 0.00474. The number of nitrogens with zero attached hydrogens (tertiary/aromatic N) is 1. The summed E-state index contributed by atoms with van der Waals surface area (Å²) in [7, 11) is 0. The van der Waals surface area contributed by atoms with Crippen LogP contribution in [-0.4, -0.2) is 30.3 Å². The first-order valence-electron chi connectivity index (χ1n) is 8.12. The van der Waals surface area contributed by atoms with Crippen LogP contribution in [0, 0.1) is 4.91 Å². The fourth-order valence-corrected chi connectivity index (χ4v) is 2.45. The Kier molecular flexibility index (Phi) is 6.43. The Labute approximate surface area is 150 Å². The Morgan fingerprint density at radius 1 is 0.923 bits per heavy atom. The summed E-state index contributed by atoms with van der Waals surface area (Å²) in [6.07, 6.45) is 0.373. The molecule has 0 fully saturated rings. The number of carbonyl (C=O) groups excluding carboxylic acids is 2. The summed E-state index contributed by atoms with van der Waals surface area (Å²) < 4.78 is 9.85. The van der Waals surface area contributed by atoms with Crippen molar-refractivity contribution < 1.29 is 24.2 Å². The monoisotopic (exact) mass is 357 g/mol. The predicted octanol–water partition coefficient (Wildman–Crippen LogP) is 3.73. The summed E-state index contributed by atoms with van der Waals surface area (Å²) in [6, 6.07) is 9.25. The molecule has 26 heavy (non-hydrogen) atoms. The summed E-state index contributed by atoms with van der Waals surface area (Å²) in [5, 5.41) is 12.7. The predicted molar refractivity (Wildman–Crippen MR) is 94.7 cm³/mol. The number of esters is 2. The normalized spacial score (nSPS) is 10.2. The van der Waals surface area contributed by atoms with Gasteiger partial charge >= 0.3 is 11.9 Å². The molecule has 0 amide bonds. The highest BCUT2D eigenvalue weighted by molar-refractivity contribution is 5.95. The number of hydrogen-bond acceptors (Lipinski definition) is 7. The molecule has 2 aromatic carbocycles. The minimum atomic E-state index is -0.623. The van der Waals surface area contributed by atoms with E-state index in [1.165, 1.54) is 24.3 Å². The van der Waals surface area contributed by atoms with E-state index in [0.29, 0.717) is 6.42 Å². The van der Waals surface area contributed by atoms with E-state index in [0.717, 1.165) is 11.1 Å². The summed E-state index contributed by atoms with van der Waals surface area (Å²) in [5.41, 5.74) is 1.61. The first-order valence-corrected chi connectivity index (χ1v) is 8.12. The van der Waals surface area contributed by atoms with Gasteiger partial charge in [0.05, 0.1) is 18.8 Å². The highest BCUT2D eigenvalue weighted by Crippen LogP contribution is 2.25. The minimum Gasteiger partial charge on any atom is -0.507 e. The molecule has 0 bridgehead atoms. The second kappa shape index (κ2) is 8.75. The van der Waals surface area contributed by atoms with Gasteiger partial charge in [-0.2, -0.15) is 0 Å². The summed E-state index contributed by atoms with van der Waals surface area (Å²) in [6.45, 7) is 3.73. The fourth-order valence-electron chi connectivity index (χ4n) is 2.45. The zero-order valence-corrected chi connectivity index (χ0v) is 14.5. The average Bonchev–Trinajstić information content (AvgIpc) is 2.63. The Morgan fingerprint density at radius 3 is 2.04 bits per heavy atom. The van der Waals surface area contributed by atoms with E-state index in [4.69, 9.17) is 9.47 Å². The second-order valence-electron chi connectivity index (χ2n) is 5.41. The van der Waals surface area contributed by atoms with Crippen molar-refractivity contribution in [2.45, 2.75) is 20.3 Å². The van der Waals surface area contributed by atoms with Crippen LogP contribution in [0.25, 0.3) is 0 Å². The molecule has 136 valence electrons. The molecule has 0 aliphatic rings. The number of phenolic OH excluding ortho intramolecular Hbond substituents is 1. The number of nitroso groups, excluding NO2 is 1. The van der Waals surface area contributed by atoms with Crippen molar-refractivity contribution >= 4 is 17.6 Å². The zero-order valence-electron chi connectivity index (χ0n) is 14.5. The maximum absolute atomic E-state index is 12.0. The number of rotatable bonds is 7. The standard InChI is InChI=1S/C19H19NO6/c1-3-25-18(22)14-10-12(5-7-16(14)20-24)9-13-6-8-17(21)15(11-13)19(23)26-4-2/h5-8,10-11,21H,3-4,9H2,1-2H3. The third-order valence-corrected chi connectivity index (χ3v) is 3.62. The molecule has 0 heterocycles. The highest BCUT2D eigenvalue weighted by atomic mass is 16.5. The van der Waals surface area contributed by atoms with Gasteiger partial charge in [0, 0.05) is 0 Å². The molecule has 7 heteroatoms. The van der Waals surface area contributed by atoms with Crippen LogP contribution in [0.4, 0.5) is 5.69 Å². The van der Waals surface area contributed by atoms with Gasteiger partial charge < -0.3 is 14.6 Å². The van der Waals surface area contributed by atoms with E-state index in [9.17, 15) is 19.6 Å². The van der Waals surface area contributed by atoms with E-state index in [-0.39, 0.29) is 35.8 Å². The number of ether oxygens (including phenoxy) is 2. The number of hydrogen-bond donors (Lipinski definition) is 1. The Balaban J connectivity index is 2.32. The van der Waals surface area contributed by atoms with E-state index >= 15 is 0 Å². The lowest BCUT2D eigenvalue weighted by Crippen LogP contribution is -2.07. The molecule has 0 aliphatic carbocycles. The molecule has 2 aromatic rings. The Morgan fingerprint density at radius 2 is 1.46 bits per heavy atom. The van der Waals surface area contributed by atoms with Crippen molar-refractivity contribution in [1.29, 1.82) is 0 Å². The van der Waals surface area contributed by atoms with Gasteiger partial charge in [-0.15, -0.1) is 4.91 Å². The van der Waals surface area contributed by atoms with E-state index < -0.39 is 11.9 Å². The van der Waals surface area contributed by atoms with Crippen molar-refractivity contribution in [2.75, 3.05) is 13.2 Å². The summed E-state index contributed by atoms with van der Waals surface area (Å²) in [5.74, 6) is -1.40. The maximum atomic E-state index is 12.0. The van der Waals surface area contributed by atoms with E-state index in [1.54, 1.807) is 26.0 Å². The summed E-state index contributed by atoms with van der Waals surface area (Å²) >= 11 is 0. The number of aromatic hydroxyl groups is 1. The molecule has 7 nitrogen and oxygen atoms in total. The molecule has 0 spiro atoms. The lowest BCUT2D eigenvalue weighted by Gasteiger charge is -2.09. The SMILES string of the molecule is CCOC(=O)c1cc(Cc2ccc(N=O)c(C(=O)OCC)c2)ccc1O. The highest BCUT2D eigenvalue weighted by Gasteiger charge is 2.16. The van der Waals surface area contributed by atoms with Gasteiger partial charge in [-0.1, -0.05) is 12.1 Å². The molecule has 2 rings (SSSR count). The largest absolute Gasteiger partial charge is 0.507 e. The van der Waals surface area contributed by atoms with Crippen LogP contribution in [0.5, 0.6) is 5.75 Å². The Bertz CT molecular complexity index is 831. The van der Waals surface area contributed by atoms with E-state index in [1.807, 2.05) is 0 Å². The molecule has 1 N–H and O–H groups in total. The first kappa shape index (κ1) is 19.1. The van der Waals surface area contributed by atoms with Crippen LogP contribution in [0.15, 0.2) is 41.6 Å². The number of carbonyl (C=O) groups is 2. The molecule has 0 saturated heterocycles. The molecule has 0 unspecified atom stereocenters. The fraction of sp³-hybridized carbons (Fsp3) is 0.263. The van der Waals surface area contributed by atoms with Gasteiger partial charge in [-0.05, 0) is 60.8 Å². The van der Waals surface area contributed by atoms with Crippen LogP contribution in [-0.2, 0) is 15.9 Å². The maximum Gasteiger partial charge on any atom is 0.341 e. The van der Waals surface area contributed by atoms with Gasteiger partial charge in [0.1, 0.15) is 17.0 Å². The lowest BCUT2D eigenvalue weighted by molar-refractivity contribution is 0.0515. The molecular weight excluding hydrogens is 338 g/mol. The van der Waals surface area contributed by atoms with Crippen LogP contribution in [0.2, 0.25) is 0 Å². The lowest BCUT2D eigenvalue weighted by atomic mass is 10.00. The topological polar surface area (TPSA) is 102 Å². The van der Waals surface area contributed by atoms with Crippen LogP contribution in [0.3, 0.4) is 0 Å². The van der Waals surface area contributed by atoms with Gasteiger partial charge in [-0.25, -0.2) is 9.59 Å². The van der Waals surface area contributed by atoms with Crippen molar-refractivity contribution in [3.63, 3.8) is 0 Å². The van der Waals surface area contributed by atoms with E-state index in [2.05, 4.69) is 5.18 Å². The zero-order chi connectivity index (χ0) is 19.1. The molecule has 0 aliphatic heterocycles. The molecular formula is C19H19NO6. The molecule has 0 saturated carbocycles. The number of benzene rings is 2. The van der Waals surface area contributed by atoms with Gasteiger partial charge in [-0.3, -0.25) is 0 Å². The number of phenols is 1. The summed E-state index contributed by atoms with van der Waals surface area (Å²) in [4.78, 5) is 34.7. The van der Waals surface area contributed by atoms with Gasteiger partial charge in [0.15, 0.2) is 0 Å². The average molecular weight is 357 g/mol. The second-order valence-corrected chi connectivity index (χ2v) is 5.41. The van der Waals surface area contributed by atoms with Crippen LogP contribution in [0.1, 0.15) is 45.7 Å².